The van der Waals surface area contributed by atoms with Crippen LogP contribution in [-0.2, 0) is 16.2 Å². The van der Waals surface area contributed by atoms with Crippen molar-refractivity contribution in [3.8, 4) is 0 Å². The molecule has 0 amide bonds. The van der Waals surface area contributed by atoms with Crippen LogP contribution in [0.4, 0.5) is 22.0 Å². The smallest absolute Gasteiger partial charge is 0.225 e. The monoisotopic (exact) mass is 275 g/mol. The van der Waals surface area contributed by atoms with Crippen molar-refractivity contribution in [2.45, 2.75) is 17.5 Å². The lowest BCUT2D eigenvalue weighted by Gasteiger charge is -2.11. The minimum absolute atomic E-state index is 0.0738. The van der Waals surface area contributed by atoms with Crippen LogP contribution < -0.4 is 5.14 Å². The predicted octanol–water partition coefficient (Wildman–Crippen LogP) is 2.29. The second-order valence-electron chi connectivity index (χ2n) is 3.10. The third kappa shape index (κ3) is 3.13. The molecule has 3 nitrogen and oxygen atoms in total. The molecule has 9 heteroatoms. The molecule has 1 aromatic rings. The van der Waals surface area contributed by atoms with Crippen LogP contribution in [0, 0.1) is 0 Å². The Morgan fingerprint density at radius 2 is 1.71 bits per heavy atom. The van der Waals surface area contributed by atoms with Gasteiger partial charge in [-0.05, 0) is 18.2 Å². The van der Waals surface area contributed by atoms with Gasteiger partial charge in [0.2, 0.25) is 10.0 Å². The van der Waals surface area contributed by atoms with E-state index in [1.165, 1.54) is 0 Å². The Morgan fingerprint density at radius 3 is 2.06 bits per heavy atom. The Labute approximate surface area is 93.1 Å². The van der Waals surface area contributed by atoms with Crippen molar-refractivity contribution in [2.75, 3.05) is 0 Å². The molecule has 0 saturated carbocycles. The van der Waals surface area contributed by atoms with E-state index in [0.717, 1.165) is 0 Å². The maximum Gasteiger partial charge on any atom is 0.416 e. The van der Waals surface area contributed by atoms with E-state index in [-0.39, 0.29) is 6.07 Å². The van der Waals surface area contributed by atoms with Gasteiger partial charge in [0.05, 0.1) is 10.5 Å². The molecule has 0 aliphatic rings. The highest BCUT2D eigenvalue weighted by atomic mass is 32.2. The van der Waals surface area contributed by atoms with Crippen LogP contribution in [0.3, 0.4) is 0 Å². The predicted molar refractivity (Wildman–Crippen MR) is 47.8 cm³/mol. The Balaban J connectivity index is 3.49. The van der Waals surface area contributed by atoms with Crippen LogP contribution >= 0.6 is 0 Å². The van der Waals surface area contributed by atoms with Gasteiger partial charge in [0.25, 0.3) is 6.43 Å². The van der Waals surface area contributed by atoms with E-state index in [1.54, 1.807) is 0 Å². The average molecular weight is 275 g/mol. The Bertz CT molecular complexity index is 523. The highest BCUT2D eigenvalue weighted by Crippen LogP contribution is 2.34. The lowest BCUT2D eigenvalue weighted by molar-refractivity contribution is -0.137. The van der Waals surface area contributed by atoms with Crippen molar-refractivity contribution >= 4 is 10.0 Å². The number of hydrogen-bond acceptors (Lipinski definition) is 2. The molecular weight excluding hydrogens is 269 g/mol. The highest BCUT2D eigenvalue weighted by Gasteiger charge is 2.33. The van der Waals surface area contributed by atoms with Gasteiger partial charge in [-0.15, -0.1) is 0 Å². The number of benzene rings is 1. The molecule has 0 unspecified atom stereocenters. The summed E-state index contributed by atoms with van der Waals surface area (Å²) in [5.74, 6) is 0. The molecular formula is C8H6F5NO2S. The zero-order valence-corrected chi connectivity index (χ0v) is 8.82. The molecule has 0 spiro atoms. The summed E-state index contributed by atoms with van der Waals surface area (Å²) in [4.78, 5) is -1.01. The molecule has 0 radical (unpaired) electrons. The largest absolute Gasteiger partial charge is 0.416 e. The lowest BCUT2D eigenvalue weighted by Crippen LogP contribution is -2.16. The fourth-order valence-corrected chi connectivity index (χ4v) is 1.89. The van der Waals surface area contributed by atoms with Crippen LogP contribution in [0.15, 0.2) is 23.1 Å². The summed E-state index contributed by atoms with van der Waals surface area (Å²) in [6.07, 6.45) is -8.20. The molecule has 1 rings (SSSR count). The Kier molecular flexibility index (Phi) is 3.44. The summed E-state index contributed by atoms with van der Waals surface area (Å²) in [6, 6.07) is 0.871. The minimum atomic E-state index is -4.83. The van der Waals surface area contributed by atoms with E-state index < -0.39 is 38.6 Å². The summed E-state index contributed by atoms with van der Waals surface area (Å²) >= 11 is 0. The van der Waals surface area contributed by atoms with Crippen molar-refractivity contribution in [3.05, 3.63) is 29.3 Å². The van der Waals surface area contributed by atoms with Crippen molar-refractivity contribution in [2.24, 2.45) is 5.14 Å². The van der Waals surface area contributed by atoms with Gasteiger partial charge in [0.15, 0.2) is 0 Å². The van der Waals surface area contributed by atoms with E-state index in [4.69, 9.17) is 0 Å². The fraction of sp³-hybridized carbons (Fsp3) is 0.250. The topological polar surface area (TPSA) is 60.2 Å². The first-order chi connectivity index (χ1) is 7.53. The molecule has 0 fully saturated rings. The molecule has 0 heterocycles. The Morgan fingerprint density at radius 1 is 1.18 bits per heavy atom. The van der Waals surface area contributed by atoms with Gasteiger partial charge in [0.1, 0.15) is 0 Å². The summed E-state index contributed by atoms with van der Waals surface area (Å²) in [7, 11) is -4.49. The van der Waals surface area contributed by atoms with Gasteiger partial charge < -0.3 is 0 Å². The fourth-order valence-electron chi connectivity index (χ4n) is 1.15. The molecule has 0 aromatic heterocycles. The summed E-state index contributed by atoms with van der Waals surface area (Å²) in [6.45, 7) is 0. The zero-order valence-electron chi connectivity index (χ0n) is 8.00. The first kappa shape index (κ1) is 13.8. The summed E-state index contributed by atoms with van der Waals surface area (Å²) < 4.78 is 83.3. The number of halogens is 5. The molecule has 0 atom stereocenters. The average Bonchev–Trinajstić information content (AvgIpc) is 2.14. The lowest BCUT2D eigenvalue weighted by atomic mass is 10.1. The quantitative estimate of drug-likeness (QED) is 0.842. The third-order valence-electron chi connectivity index (χ3n) is 1.88. The van der Waals surface area contributed by atoms with Crippen LogP contribution in [-0.4, -0.2) is 8.42 Å². The SMILES string of the molecule is NS(=O)(=O)c1ccc(C(F)(F)F)cc1C(F)F. The van der Waals surface area contributed by atoms with E-state index >= 15 is 0 Å². The summed E-state index contributed by atoms with van der Waals surface area (Å²) in [5.41, 5.74) is -2.62. The summed E-state index contributed by atoms with van der Waals surface area (Å²) in [5, 5.41) is 4.61. The van der Waals surface area contributed by atoms with Crippen LogP contribution in [0.25, 0.3) is 0 Å². The molecule has 0 saturated heterocycles. The third-order valence-corrected chi connectivity index (χ3v) is 2.86. The number of sulfonamides is 1. The maximum atomic E-state index is 12.4. The first-order valence-corrected chi connectivity index (χ1v) is 5.60. The van der Waals surface area contributed by atoms with E-state index in [1.807, 2.05) is 0 Å². The molecule has 0 aliphatic carbocycles. The van der Waals surface area contributed by atoms with Crippen molar-refractivity contribution in [3.63, 3.8) is 0 Å². The van der Waals surface area contributed by atoms with Gasteiger partial charge >= 0.3 is 6.18 Å². The standard InChI is InChI=1S/C8H6F5NO2S/c9-7(10)5-3-4(8(11,12)13)1-2-6(5)17(14,15)16/h1-3,7H,(H2,14,15,16). The molecule has 2 N–H and O–H groups in total. The second-order valence-corrected chi connectivity index (χ2v) is 4.63. The van der Waals surface area contributed by atoms with Crippen molar-refractivity contribution in [1.29, 1.82) is 0 Å². The van der Waals surface area contributed by atoms with E-state index in [0.29, 0.717) is 12.1 Å². The molecule has 96 valence electrons. The van der Waals surface area contributed by atoms with Crippen molar-refractivity contribution < 1.29 is 30.4 Å². The zero-order chi connectivity index (χ0) is 13.4. The number of primary sulfonamides is 1. The van der Waals surface area contributed by atoms with Crippen molar-refractivity contribution in [1.82, 2.24) is 0 Å². The molecule has 1 aromatic carbocycles. The maximum absolute atomic E-state index is 12.4. The van der Waals surface area contributed by atoms with Gasteiger partial charge in [-0.1, -0.05) is 0 Å². The highest BCUT2D eigenvalue weighted by molar-refractivity contribution is 7.89. The van der Waals surface area contributed by atoms with Gasteiger partial charge in [-0.2, -0.15) is 13.2 Å². The number of hydrogen-bond donors (Lipinski definition) is 1. The minimum Gasteiger partial charge on any atom is -0.225 e. The van der Waals surface area contributed by atoms with Gasteiger partial charge in [0, 0.05) is 5.56 Å². The van der Waals surface area contributed by atoms with Gasteiger partial charge in [-0.3, -0.25) is 0 Å². The van der Waals surface area contributed by atoms with E-state index in [9.17, 15) is 30.4 Å². The number of rotatable bonds is 2. The molecule has 0 aliphatic heterocycles. The van der Waals surface area contributed by atoms with Crippen LogP contribution in [0.5, 0.6) is 0 Å². The van der Waals surface area contributed by atoms with E-state index in [2.05, 4.69) is 5.14 Å². The second kappa shape index (κ2) is 4.22. The first-order valence-electron chi connectivity index (χ1n) is 4.05. The number of alkyl halides is 5. The number of nitrogens with two attached hydrogens (primary N) is 1. The molecule has 0 bridgehead atoms. The Hall–Kier alpha value is -1.22. The van der Waals surface area contributed by atoms with Gasteiger partial charge in [-0.25, -0.2) is 22.3 Å². The molecule has 17 heavy (non-hydrogen) atoms. The normalized spacial score (nSPS) is 13.1. The van der Waals surface area contributed by atoms with Crippen LogP contribution in [0.1, 0.15) is 17.6 Å². The van der Waals surface area contributed by atoms with Crippen LogP contribution in [0.2, 0.25) is 0 Å².